The lowest BCUT2D eigenvalue weighted by Crippen LogP contribution is -2.45. The standard InChI is InChI=1S/C10H15NO4/c1-10(11,9(14)15)5-6-2-3-7(12)8(13)4-6/h2-4,7-8,12-13H,5,11H2,1H3,(H,14,15)/t7?,8?,10-/m0/s1. The lowest BCUT2D eigenvalue weighted by atomic mass is 9.90. The molecule has 0 amide bonds. The molecule has 0 saturated heterocycles. The van der Waals surface area contributed by atoms with Gasteiger partial charge >= 0.3 is 5.97 Å². The second-order valence-corrected chi connectivity index (χ2v) is 3.98. The highest BCUT2D eigenvalue weighted by Gasteiger charge is 2.29. The van der Waals surface area contributed by atoms with Crippen LogP contribution in [0.15, 0.2) is 23.8 Å². The summed E-state index contributed by atoms with van der Waals surface area (Å²) in [5, 5.41) is 27.3. The number of carboxylic acid groups (broad SMARTS) is 1. The number of hydrogen-bond donors (Lipinski definition) is 4. The van der Waals surface area contributed by atoms with Crippen molar-refractivity contribution in [2.75, 3.05) is 0 Å². The number of aliphatic hydroxyl groups is 2. The van der Waals surface area contributed by atoms with E-state index in [1.807, 2.05) is 0 Å². The van der Waals surface area contributed by atoms with Gasteiger partial charge in [0.25, 0.3) is 0 Å². The summed E-state index contributed by atoms with van der Waals surface area (Å²) in [6.07, 6.45) is 2.60. The Hall–Kier alpha value is -1.17. The molecule has 0 spiro atoms. The van der Waals surface area contributed by atoms with Crippen LogP contribution in [0.1, 0.15) is 13.3 Å². The molecule has 1 aliphatic carbocycles. The normalized spacial score (nSPS) is 29.5. The maximum atomic E-state index is 10.8. The summed E-state index contributed by atoms with van der Waals surface area (Å²) in [5.41, 5.74) is 4.80. The van der Waals surface area contributed by atoms with Crippen molar-refractivity contribution in [2.24, 2.45) is 5.73 Å². The van der Waals surface area contributed by atoms with Crippen LogP contribution >= 0.6 is 0 Å². The van der Waals surface area contributed by atoms with Crippen molar-refractivity contribution < 1.29 is 20.1 Å². The molecule has 3 atom stereocenters. The molecule has 5 heteroatoms. The van der Waals surface area contributed by atoms with Crippen molar-refractivity contribution >= 4 is 5.97 Å². The largest absolute Gasteiger partial charge is 0.480 e. The molecular formula is C10H15NO4. The molecule has 0 heterocycles. The van der Waals surface area contributed by atoms with Gasteiger partial charge in [-0.2, -0.15) is 0 Å². The van der Waals surface area contributed by atoms with E-state index in [1.165, 1.54) is 19.1 Å². The second kappa shape index (κ2) is 4.14. The first-order valence-corrected chi connectivity index (χ1v) is 4.60. The van der Waals surface area contributed by atoms with E-state index in [0.29, 0.717) is 5.57 Å². The van der Waals surface area contributed by atoms with Crippen molar-refractivity contribution in [1.29, 1.82) is 0 Å². The van der Waals surface area contributed by atoms with Crippen molar-refractivity contribution in [3.8, 4) is 0 Å². The summed E-state index contributed by atoms with van der Waals surface area (Å²) >= 11 is 0. The number of rotatable bonds is 3. The number of hydrogen-bond acceptors (Lipinski definition) is 4. The topological polar surface area (TPSA) is 104 Å². The van der Waals surface area contributed by atoms with E-state index in [4.69, 9.17) is 10.8 Å². The molecule has 2 unspecified atom stereocenters. The molecule has 0 aromatic rings. The van der Waals surface area contributed by atoms with E-state index in [0.717, 1.165) is 0 Å². The highest BCUT2D eigenvalue weighted by Crippen LogP contribution is 2.20. The first-order valence-electron chi connectivity index (χ1n) is 4.60. The SMILES string of the molecule is C[C@](N)(CC1=CC(O)C(O)C=C1)C(=O)O. The van der Waals surface area contributed by atoms with Crippen LogP contribution in [0.25, 0.3) is 0 Å². The van der Waals surface area contributed by atoms with Gasteiger partial charge in [-0.3, -0.25) is 4.79 Å². The third-order valence-electron chi connectivity index (χ3n) is 2.30. The number of nitrogens with two attached hydrogens (primary N) is 1. The van der Waals surface area contributed by atoms with Gasteiger partial charge in [-0.1, -0.05) is 12.2 Å². The number of allylic oxidation sites excluding steroid dienone is 1. The van der Waals surface area contributed by atoms with E-state index in [2.05, 4.69) is 0 Å². The average Bonchev–Trinajstić information content (AvgIpc) is 2.10. The zero-order valence-electron chi connectivity index (χ0n) is 8.42. The molecular weight excluding hydrogens is 198 g/mol. The van der Waals surface area contributed by atoms with Gasteiger partial charge in [0.15, 0.2) is 0 Å². The fraction of sp³-hybridized carbons (Fsp3) is 0.500. The van der Waals surface area contributed by atoms with Crippen LogP contribution in [-0.2, 0) is 4.79 Å². The first-order chi connectivity index (χ1) is 6.83. The van der Waals surface area contributed by atoms with Crippen molar-refractivity contribution in [1.82, 2.24) is 0 Å². The molecule has 15 heavy (non-hydrogen) atoms. The third kappa shape index (κ3) is 2.89. The number of carboxylic acids is 1. The molecule has 1 rings (SSSR count). The smallest absolute Gasteiger partial charge is 0.323 e. The van der Waals surface area contributed by atoms with Crippen LogP contribution in [0.5, 0.6) is 0 Å². The van der Waals surface area contributed by atoms with E-state index in [9.17, 15) is 15.0 Å². The zero-order chi connectivity index (χ0) is 11.6. The van der Waals surface area contributed by atoms with Crippen LogP contribution < -0.4 is 5.73 Å². The Kier molecular flexibility index (Phi) is 3.28. The van der Waals surface area contributed by atoms with E-state index >= 15 is 0 Å². The number of carbonyl (C=O) groups is 1. The first kappa shape index (κ1) is 11.9. The predicted octanol–water partition coefficient (Wildman–Crippen LogP) is -0.604. The van der Waals surface area contributed by atoms with Crippen LogP contribution in [0.3, 0.4) is 0 Å². The van der Waals surface area contributed by atoms with Crippen LogP contribution in [0.4, 0.5) is 0 Å². The Labute approximate surface area is 87.5 Å². The van der Waals surface area contributed by atoms with Gasteiger partial charge < -0.3 is 21.1 Å². The fourth-order valence-corrected chi connectivity index (χ4v) is 1.33. The minimum atomic E-state index is -1.36. The lowest BCUT2D eigenvalue weighted by Gasteiger charge is -2.23. The summed E-state index contributed by atoms with van der Waals surface area (Å²) in [5.74, 6) is -1.10. The lowest BCUT2D eigenvalue weighted by molar-refractivity contribution is -0.142. The molecule has 5 N–H and O–H groups in total. The molecule has 5 nitrogen and oxygen atoms in total. The minimum absolute atomic E-state index is 0.114. The summed E-state index contributed by atoms with van der Waals surface area (Å²) < 4.78 is 0. The summed E-state index contributed by atoms with van der Waals surface area (Å²) in [7, 11) is 0. The van der Waals surface area contributed by atoms with Gasteiger partial charge in [0, 0.05) is 6.42 Å². The monoisotopic (exact) mass is 213 g/mol. The highest BCUT2D eigenvalue weighted by molar-refractivity contribution is 5.78. The number of aliphatic carboxylic acids is 1. The van der Waals surface area contributed by atoms with E-state index in [-0.39, 0.29) is 6.42 Å². The second-order valence-electron chi connectivity index (χ2n) is 3.98. The molecule has 0 saturated carbocycles. The average molecular weight is 213 g/mol. The number of aliphatic hydroxyl groups excluding tert-OH is 2. The van der Waals surface area contributed by atoms with E-state index in [1.54, 1.807) is 6.08 Å². The molecule has 0 bridgehead atoms. The van der Waals surface area contributed by atoms with Crippen molar-refractivity contribution in [2.45, 2.75) is 31.1 Å². The Balaban J connectivity index is 2.73. The molecule has 84 valence electrons. The van der Waals surface area contributed by atoms with Gasteiger partial charge in [-0.05, 0) is 18.6 Å². The Morgan fingerprint density at radius 1 is 1.53 bits per heavy atom. The highest BCUT2D eigenvalue weighted by atomic mass is 16.4. The van der Waals surface area contributed by atoms with Crippen LogP contribution in [0, 0.1) is 0 Å². The van der Waals surface area contributed by atoms with Crippen molar-refractivity contribution in [3.05, 3.63) is 23.8 Å². The minimum Gasteiger partial charge on any atom is -0.480 e. The van der Waals surface area contributed by atoms with E-state index < -0.39 is 23.7 Å². The van der Waals surface area contributed by atoms with Crippen LogP contribution in [0.2, 0.25) is 0 Å². The molecule has 0 radical (unpaired) electrons. The summed E-state index contributed by atoms with van der Waals surface area (Å²) in [4.78, 5) is 10.8. The summed E-state index contributed by atoms with van der Waals surface area (Å²) in [6, 6.07) is 0. The quantitative estimate of drug-likeness (QED) is 0.501. The molecule has 0 fully saturated rings. The van der Waals surface area contributed by atoms with Crippen molar-refractivity contribution in [3.63, 3.8) is 0 Å². The van der Waals surface area contributed by atoms with Gasteiger partial charge in [0.1, 0.15) is 17.7 Å². The maximum Gasteiger partial charge on any atom is 0.323 e. The van der Waals surface area contributed by atoms with Crippen LogP contribution in [-0.4, -0.2) is 39.0 Å². The van der Waals surface area contributed by atoms with Gasteiger partial charge in [-0.15, -0.1) is 0 Å². The maximum absolute atomic E-state index is 10.8. The summed E-state index contributed by atoms with van der Waals surface area (Å²) in [6.45, 7) is 1.40. The van der Waals surface area contributed by atoms with Gasteiger partial charge in [-0.25, -0.2) is 0 Å². The Morgan fingerprint density at radius 3 is 2.60 bits per heavy atom. The molecule has 0 aromatic heterocycles. The Bertz CT molecular complexity index is 319. The zero-order valence-corrected chi connectivity index (χ0v) is 8.42. The predicted molar refractivity (Wildman–Crippen MR) is 54.1 cm³/mol. The van der Waals surface area contributed by atoms with Gasteiger partial charge in [0.05, 0.1) is 0 Å². The Morgan fingerprint density at radius 2 is 2.13 bits per heavy atom. The molecule has 1 aliphatic rings. The third-order valence-corrected chi connectivity index (χ3v) is 2.30. The van der Waals surface area contributed by atoms with Gasteiger partial charge in [0.2, 0.25) is 0 Å². The molecule has 0 aromatic carbocycles. The fourth-order valence-electron chi connectivity index (χ4n) is 1.33. The molecule has 0 aliphatic heterocycles.